The van der Waals surface area contributed by atoms with Gasteiger partial charge in [0, 0.05) is 0 Å². The Bertz CT molecular complexity index is 925. The molecule has 4 heteroatoms. The molecule has 0 spiro atoms. The Balaban J connectivity index is 1.44. The Morgan fingerprint density at radius 1 is 0.857 bits per heavy atom. The van der Waals surface area contributed by atoms with Crippen molar-refractivity contribution in [1.82, 2.24) is 0 Å². The maximum Gasteiger partial charge on any atom is 0.312 e. The minimum absolute atomic E-state index is 0.0446. The van der Waals surface area contributed by atoms with E-state index in [9.17, 15) is 9.90 Å². The summed E-state index contributed by atoms with van der Waals surface area (Å²) in [5, 5.41) is 11.0. The molecule has 1 saturated heterocycles. The van der Waals surface area contributed by atoms with E-state index in [2.05, 4.69) is 48.5 Å². The van der Waals surface area contributed by atoms with Crippen LogP contribution in [0.5, 0.6) is 0 Å². The molecule has 0 bridgehead atoms. The van der Waals surface area contributed by atoms with E-state index in [0.717, 1.165) is 44.9 Å². The van der Waals surface area contributed by atoms with E-state index in [1.165, 1.54) is 12.8 Å². The molecule has 11 atom stereocenters. The maximum absolute atomic E-state index is 13.5. The van der Waals surface area contributed by atoms with E-state index in [1.807, 2.05) is 0 Å². The van der Waals surface area contributed by atoms with Crippen molar-refractivity contribution in [3.8, 4) is 0 Å². The first-order chi connectivity index (χ1) is 16.2. The van der Waals surface area contributed by atoms with Gasteiger partial charge in [-0.3, -0.25) is 4.79 Å². The van der Waals surface area contributed by atoms with Gasteiger partial charge < -0.3 is 14.6 Å². The third-order valence-corrected chi connectivity index (χ3v) is 14.0. The van der Waals surface area contributed by atoms with E-state index >= 15 is 0 Å². The summed E-state index contributed by atoms with van der Waals surface area (Å²) >= 11 is 0. The minimum Gasteiger partial charge on any atom is -0.469 e. The van der Waals surface area contributed by atoms with Gasteiger partial charge in [0.25, 0.3) is 0 Å². The molecule has 198 valence electrons. The highest BCUT2D eigenvalue weighted by Crippen LogP contribution is 2.80. The fourth-order valence-corrected chi connectivity index (χ4v) is 11.9. The number of hydrogen-bond donors (Lipinski definition) is 1. The lowest BCUT2D eigenvalue weighted by Crippen LogP contribution is -2.70. The van der Waals surface area contributed by atoms with Crippen LogP contribution in [0.25, 0.3) is 0 Å². The molecule has 11 unspecified atom stereocenters. The summed E-state index contributed by atoms with van der Waals surface area (Å²) in [6.07, 6.45) is 10.1. The van der Waals surface area contributed by atoms with E-state index in [4.69, 9.17) is 9.47 Å². The lowest BCUT2D eigenvalue weighted by atomic mass is 9.31. The predicted octanol–water partition coefficient (Wildman–Crippen LogP) is 6.39. The molecule has 0 aromatic carbocycles. The van der Waals surface area contributed by atoms with E-state index < -0.39 is 0 Å². The van der Waals surface area contributed by atoms with Gasteiger partial charge >= 0.3 is 5.97 Å². The summed E-state index contributed by atoms with van der Waals surface area (Å²) in [7, 11) is 1.59. The zero-order chi connectivity index (χ0) is 25.4. The second-order valence-electron chi connectivity index (χ2n) is 16.0. The number of fused-ring (bicyclic) bond motifs is 10. The van der Waals surface area contributed by atoms with Crippen LogP contribution in [0.2, 0.25) is 0 Å². The van der Waals surface area contributed by atoms with Gasteiger partial charge in [-0.1, -0.05) is 48.5 Å². The Hall–Kier alpha value is -0.610. The SMILES string of the molecule is COC(=O)C12CCC(C)(C)CC1C1C3OC3C3C4(C)CCC(O)C(C)(C)C4CCC3(C)C1(C)CC2. The molecule has 1 heterocycles. The molecule has 0 aromatic heterocycles. The second-order valence-corrected chi connectivity index (χ2v) is 16.0. The fraction of sp³-hybridized carbons (Fsp3) is 0.968. The minimum atomic E-state index is -0.327. The number of ether oxygens (including phenoxy) is 2. The third-order valence-electron chi connectivity index (χ3n) is 14.0. The summed E-state index contributed by atoms with van der Waals surface area (Å²) in [6.45, 7) is 17.2. The van der Waals surface area contributed by atoms with Crippen LogP contribution in [0.15, 0.2) is 0 Å². The van der Waals surface area contributed by atoms with Crippen LogP contribution < -0.4 is 0 Å². The van der Waals surface area contributed by atoms with Crippen molar-refractivity contribution in [3.05, 3.63) is 0 Å². The Labute approximate surface area is 213 Å². The van der Waals surface area contributed by atoms with Gasteiger partial charge in [-0.15, -0.1) is 0 Å². The van der Waals surface area contributed by atoms with Crippen LogP contribution in [0, 0.1) is 56.2 Å². The molecule has 1 aliphatic heterocycles. The van der Waals surface area contributed by atoms with E-state index in [-0.39, 0.29) is 50.7 Å². The number of rotatable bonds is 1. The summed E-state index contributed by atoms with van der Waals surface area (Å²) in [6, 6.07) is 0. The summed E-state index contributed by atoms with van der Waals surface area (Å²) in [5.74, 6) is 1.90. The predicted molar refractivity (Wildman–Crippen MR) is 137 cm³/mol. The lowest BCUT2D eigenvalue weighted by molar-refractivity contribution is -0.245. The molecule has 6 rings (SSSR count). The molecule has 6 fully saturated rings. The quantitative estimate of drug-likeness (QED) is 0.345. The molecular weight excluding hydrogens is 436 g/mol. The van der Waals surface area contributed by atoms with Crippen LogP contribution in [0.1, 0.15) is 106 Å². The largest absolute Gasteiger partial charge is 0.469 e. The van der Waals surface area contributed by atoms with Gasteiger partial charge in [0.2, 0.25) is 0 Å². The van der Waals surface area contributed by atoms with Crippen molar-refractivity contribution in [1.29, 1.82) is 0 Å². The van der Waals surface area contributed by atoms with Crippen LogP contribution >= 0.6 is 0 Å². The zero-order valence-corrected chi connectivity index (χ0v) is 23.6. The normalized spacial score (nSPS) is 57.5. The van der Waals surface area contributed by atoms with Crippen molar-refractivity contribution in [2.24, 2.45) is 56.2 Å². The maximum atomic E-state index is 13.5. The first-order valence-electron chi connectivity index (χ1n) is 14.6. The number of hydrogen-bond acceptors (Lipinski definition) is 4. The number of aliphatic hydroxyl groups is 1. The van der Waals surface area contributed by atoms with Crippen molar-refractivity contribution < 1.29 is 19.4 Å². The van der Waals surface area contributed by atoms with E-state index in [1.54, 1.807) is 7.11 Å². The van der Waals surface area contributed by atoms with E-state index in [0.29, 0.717) is 29.8 Å². The topological polar surface area (TPSA) is 59.1 Å². The van der Waals surface area contributed by atoms with Gasteiger partial charge in [-0.25, -0.2) is 0 Å². The van der Waals surface area contributed by atoms with Gasteiger partial charge in [-0.05, 0) is 109 Å². The van der Waals surface area contributed by atoms with Crippen LogP contribution in [-0.2, 0) is 14.3 Å². The molecule has 6 aliphatic rings. The number of epoxide rings is 1. The Morgan fingerprint density at radius 3 is 2.23 bits per heavy atom. The van der Waals surface area contributed by atoms with Crippen LogP contribution in [-0.4, -0.2) is 36.5 Å². The molecule has 0 aromatic rings. The monoisotopic (exact) mass is 486 g/mol. The van der Waals surface area contributed by atoms with Crippen molar-refractivity contribution in [2.75, 3.05) is 7.11 Å². The van der Waals surface area contributed by atoms with Crippen molar-refractivity contribution >= 4 is 5.97 Å². The van der Waals surface area contributed by atoms with Gasteiger partial charge in [-0.2, -0.15) is 0 Å². The molecule has 1 N–H and O–H groups in total. The average molecular weight is 487 g/mol. The summed E-state index contributed by atoms with van der Waals surface area (Å²) < 4.78 is 12.3. The van der Waals surface area contributed by atoms with Crippen molar-refractivity contribution in [2.45, 2.75) is 125 Å². The standard InChI is InChI=1S/C31H50O4/c1-26(2)13-15-31(25(33)34-8)16-14-29(6)21(18(31)17-26)22-23(35-22)24-28(5)11-10-20(32)27(3,4)19(28)9-12-30(24,29)7/h18-24,32H,9-17H2,1-8H3. The first kappa shape index (κ1) is 24.7. The highest BCUT2D eigenvalue weighted by atomic mass is 16.6. The molecule has 0 radical (unpaired) electrons. The number of aliphatic hydroxyl groups excluding tert-OH is 1. The van der Waals surface area contributed by atoms with Crippen LogP contribution in [0.4, 0.5) is 0 Å². The summed E-state index contributed by atoms with van der Waals surface area (Å²) in [4.78, 5) is 13.5. The molecule has 5 aliphatic carbocycles. The van der Waals surface area contributed by atoms with Gasteiger partial charge in [0.1, 0.15) is 0 Å². The average Bonchev–Trinajstić information content (AvgIpc) is 3.54. The Kier molecular flexibility index (Phi) is 4.99. The fourth-order valence-electron chi connectivity index (χ4n) is 11.9. The smallest absolute Gasteiger partial charge is 0.312 e. The highest BCUT2D eigenvalue weighted by Gasteiger charge is 2.79. The van der Waals surface area contributed by atoms with Crippen molar-refractivity contribution in [3.63, 3.8) is 0 Å². The molecule has 0 amide bonds. The van der Waals surface area contributed by atoms with Crippen LogP contribution in [0.3, 0.4) is 0 Å². The molecule has 35 heavy (non-hydrogen) atoms. The zero-order valence-electron chi connectivity index (χ0n) is 23.6. The molecule has 4 nitrogen and oxygen atoms in total. The number of methoxy groups -OCH3 is 1. The molecular formula is C31H50O4. The number of esters is 1. The second kappa shape index (κ2) is 7.07. The number of carbonyl (C=O) groups excluding carboxylic acids is 1. The van der Waals surface area contributed by atoms with Gasteiger partial charge in [0.05, 0.1) is 30.8 Å². The highest BCUT2D eigenvalue weighted by molar-refractivity contribution is 5.77. The number of carbonyl (C=O) groups is 1. The van der Waals surface area contributed by atoms with Gasteiger partial charge in [0.15, 0.2) is 0 Å². The Morgan fingerprint density at radius 2 is 1.54 bits per heavy atom. The molecule has 5 saturated carbocycles. The summed E-state index contributed by atoms with van der Waals surface area (Å²) in [5.41, 5.74) is 0.451. The first-order valence-corrected chi connectivity index (χ1v) is 14.6. The third kappa shape index (κ3) is 2.85. The lowest BCUT2D eigenvalue weighted by Gasteiger charge is -2.72.